The number of hydrogen-bond donors (Lipinski definition) is 1. The number of piperazine rings is 1. The molecule has 2 amide bonds. The van der Waals surface area contributed by atoms with Crippen molar-refractivity contribution in [2.75, 3.05) is 50.5 Å². The number of phenols is 1. The Morgan fingerprint density at radius 3 is 2.45 bits per heavy atom. The summed E-state index contributed by atoms with van der Waals surface area (Å²) in [5, 5.41) is 9.36. The molecular formula is C25H33N3O4S. The van der Waals surface area contributed by atoms with E-state index in [2.05, 4.69) is 17.0 Å². The minimum absolute atomic E-state index is 0.128. The van der Waals surface area contributed by atoms with E-state index in [9.17, 15) is 14.7 Å². The smallest absolute Gasteiger partial charge is 0.409 e. The van der Waals surface area contributed by atoms with Crippen molar-refractivity contribution >= 4 is 29.4 Å². The van der Waals surface area contributed by atoms with Crippen molar-refractivity contribution in [3.8, 4) is 5.75 Å². The molecule has 0 spiro atoms. The van der Waals surface area contributed by atoms with Gasteiger partial charge in [-0.2, -0.15) is 0 Å². The van der Waals surface area contributed by atoms with Gasteiger partial charge in [-0.1, -0.05) is 18.2 Å². The Morgan fingerprint density at radius 1 is 1.06 bits per heavy atom. The van der Waals surface area contributed by atoms with Crippen molar-refractivity contribution in [1.82, 2.24) is 9.80 Å². The van der Waals surface area contributed by atoms with Gasteiger partial charge in [-0.15, -0.1) is 11.8 Å². The molecule has 2 aromatic carbocycles. The monoisotopic (exact) mass is 471 g/mol. The third-order valence-electron chi connectivity index (χ3n) is 5.61. The zero-order chi connectivity index (χ0) is 23.6. The minimum Gasteiger partial charge on any atom is -0.508 e. The van der Waals surface area contributed by atoms with Crippen molar-refractivity contribution in [2.45, 2.75) is 31.2 Å². The van der Waals surface area contributed by atoms with Crippen molar-refractivity contribution in [1.29, 1.82) is 0 Å². The third-order valence-corrected chi connectivity index (χ3v) is 6.71. The first-order chi connectivity index (χ1) is 16.0. The van der Waals surface area contributed by atoms with Gasteiger partial charge in [-0.05, 0) is 55.0 Å². The lowest BCUT2D eigenvalue weighted by Crippen LogP contribution is -2.49. The summed E-state index contributed by atoms with van der Waals surface area (Å²) in [5.41, 5.74) is 2.22. The number of para-hydroxylation sites is 1. The van der Waals surface area contributed by atoms with Gasteiger partial charge in [-0.25, -0.2) is 4.79 Å². The highest BCUT2D eigenvalue weighted by Crippen LogP contribution is 2.24. The summed E-state index contributed by atoms with van der Waals surface area (Å²) in [6.07, 6.45) is 1.05. The van der Waals surface area contributed by atoms with Gasteiger partial charge in [0.2, 0.25) is 5.91 Å². The van der Waals surface area contributed by atoms with Crippen LogP contribution in [0.2, 0.25) is 0 Å². The lowest BCUT2D eigenvalue weighted by atomic mass is 10.1. The van der Waals surface area contributed by atoms with Crippen LogP contribution in [0.5, 0.6) is 5.75 Å². The van der Waals surface area contributed by atoms with Crippen LogP contribution in [-0.4, -0.2) is 72.5 Å². The Hall–Kier alpha value is -2.87. The molecule has 2 aromatic rings. The van der Waals surface area contributed by atoms with Crippen LogP contribution in [0.25, 0.3) is 0 Å². The number of aromatic hydroxyl groups is 1. The number of carbonyl (C=O) groups excluding carboxylic acids is 2. The fourth-order valence-corrected chi connectivity index (χ4v) is 4.64. The van der Waals surface area contributed by atoms with Crippen LogP contribution in [-0.2, 0) is 16.1 Å². The normalized spacial score (nSPS) is 13.6. The second kappa shape index (κ2) is 12.4. The van der Waals surface area contributed by atoms with Crippen LogP contribution in [0, 0.1) is 0 Å². The van der Waals surface area contributed by atoms with Gasteiger partial charge in [0.1, 0.15) is 5.75 Å². The summed E-state index contributed by atoms with van der Waals surface area (Å²) in [5.74, 6) is 1.24. The first-order valence-corrected chi connectivity index (χ1v) is 12.4. The number of anilines is 1. The van der Waals surface area contributed by atoms with E-state index >= 15 is 0 Å². The topological polar surface area (TPSA) is 73.3 Å². The Labute approximate surface area is 200 Å². The van der Waals surface area contributed by atoms with E-state index in [4.69, 9.17) is 4.74 Å². The van der Waals surface area contributed by atoms with E-state index < -0.39 is 0 Å². The van der Waals surface area contributed by atoms with E-state index in [0.717, 1.165) is 41.4 Å². The summed E-state index contributed by atoms with van der Waals surface area (Å²) in [6.45, 7) is 5.48. The van der Waals surface area contributed by atoms with Gasteiger partial charge in [0.25, 0.3) is 0 Å². The molecule has 178 valence electrons. The second-order valence-corrected chi connectivity index (χ2v) is 9.17. The lowest BCUT2D eigenvalue weighted by Gasteiger charge is -2.36. The van der Waals surface area contributed by atoms with Crippen molar-refractivity contribution in [2.24, 2.45) is 0 Å². The number of nitrogens with zero attached hydrogens (tertiary/aromatic N) is 3. The standard InChI is InChI=1S/C25H33N3O4S/c1-3-32-25(31)28-16-14-27(15-17-28)23-8-5-4-7-20(23)19-26(2)24(30)9-6-18-33-22-12-10-21(29)11-13-22/h4-5,7-8,10-13,29H,3,6,9,14-19H2,1-2H3. The number of thioether (sulfide) groups is 1. The number of ether oxygens (including phenoxy) is 1. The molecule has 1 aliphatic heterocycles. The molecule has 7 nitrogen and oxygen atoms in total. The predicted octanol–water partition coefficient (Wildman–Crippen LogP) is 4.20. The maximum Gasteiger partial charge on any atom is 0.409 e. The molecule has 0 aliphatic carbocycles. The molecule has 0 radical (unpaired) electrons. The summed E-state index contributed by atoms with van der Waals surface area (Å²) < 4.78 is 5.11. The quantitative estimate of drug-likeness (QED) is 0.436. The summed E-state index contributed by atoms with van der Waals surface area (Å²) in [7, 11) is 1.85. The molecule has 33 heavy (non-hydrogen) atoms. The Morgan fingerprint density at radius 2 is 1.76 bits per heavy atom. The molecule has 1 aliphatic rings. The van der Waals surface area contributed by atoms with Crippen LogP contribution in [0.3, 0.4) is 0 Å². The van der Waals surface area contributed by atoms with Crippen LogP contribution < -0.4 is 4.90 Å². The maximum absolute atomic E-state index is 12.7. The van der Waals surface area contributed by atoms with Gasteiger partial charge >= 0.3 is 6.09 Å². The minimum atomic E-state index is -0.251. The highest BCUT2D eigenvalue weighted by molar-refractivity contribution is 7.99. The molecular weight excluding hydrogens is 438 g/mol. The first kappa shape index (κ1) is 24.8. The fraction of sp³-hybridized carbons (Fsp3) is 0.440. The van der Waals surface area contributed by atoms with Crippen molar-refractivity contribution < 1.29 is 19.4 Å². The molecule has 0 saturated carbocycles. The number of rotatable bonds is 9. The highest BCUT2D eigenvalue weighted by atomic mass is 32.2. The zero-order valence-corrected chi connectivity index (χ0v) is 20.2. The van der Waals surface area contributed by atoms with Crippen LogP contribution >= 0.6 is 11.8 Å². The Kier molecular flexibility index (Phi) is 9.30. The average molecular weight is 472 g/mol. The number of benzene rings is 2. The molecule has 8 heteroatoms. The largest absolute Gasteiger partial charge is 0.508 e. The fourth-order valence-electron chi connectivity index (χ4n) is 3.79. The Bertz CT molecular complexity index is 914. The van der Waals surface area contributed by atoms with Gasteiger partial charge < -0.3 is 24.5 Å². The van der Waals surface area contributed by atoms with Crippen LogP contribution in [0.1, 0.15) is 25.3 Å². The van der Waals surface area contributed by atoms with E-state index in [1.165, 1.54) is 0 Å². The number of amides is 2. The predicted molar refractivity (Wildman–Crippen MR) is 132 cm³/mol. The van der Waals surface area contributed by atoms with Crippen molar-refractivity contribution in [3.05, 3.63) is 54.1 Å². The van der Waals surface area contributed by atoms with Gasteiger partial charge in [0, 0.05) is 56.8 Å². The van der Waals surface area contributed by atoms with E-state index in [-0.39, 0.29) is 17.7 Å². The third kappa shape index (κ3) is 7.32. The molecule has 1 fully saturated rings. The van der Waals surface area contributed by atoms with Crippen LogP contribution in [0.15, 0.2) is 53.4 Å². The Balaban J connectivity index is 1.47. The molecule has 3 rings (SSSR count). The molecule has 1 N–H and O–H groups in total. The highest BCUT2D eigenvalue weighted by Gasteiger charge is 2.23. The van der Waals surface area contributed by atoms with Gasteiger partial charge in [-0.3, -0.25) is 4.79 Å². The number of phenolic OH excluding ortho intramolecular Hbond substituents is 1. The SMILES string of the molecule is CCOC(=O)N1CCN(c2ccccc2CN(C)C(=O)CCCSc2ccc(O)cc2)CC1. The van der Waals surface area contributed by atoms with Crippen molar-refractivity contribution in [3.63, 3.8) is 0 Å². The summed E-state index contributed by atoms with van der Waals surface area (Å²) in [6, 6.07) is 15.3. The number of hydrogen-bond acceptors (Lipinski definition) is 6. The number of carbonyl (C=O) groups is 2. The average Bonchev–Trinajstić information content (AvgIpc) is 2.83. The van der Waals surface area contributed by atoms with Crippen LogP contribution in [0.4, 0.5) is 10.5 Å². The maximum atomic E-state index is 12.7. The molecule has 1 saturated heterocycles. The van der Waals surface area contributed by atoms with Gasteiger partial charge in [0.15, 0.2) is 0 Å². The first-order valence-electron chi connectivity index (χ1n) is 11.4. The van der Waals surface area contributed by atoms with E-state index in [0.29, 0.717) is 32.7 Å². The summed E-state index contributed by atoms with van der Waals surface area (Å²) in [4.78, 5) is 31.5. The molecule has 0 unspecified atom stereocenters. The second-order valence-electron chi connectivity index (χ2n) is 8.00. The van der Waals surface area contributed by atoms with Gasteiger partial charge in [0.05, 0.1) is 6.61 Å². The van der Waals surface area contributed by atoms with E-state index in [1.54, 1.807) is 33.7 Å². The lowest BCUT2D eigenvalue weighted by molar-refractivity contribution is -0.130. The molecule has 0 atom stereocenters. The molecule has 1 heterocycles. The molecule has 0 bridgehead atoms. The summed E-state index contributed by atoms with van der Waals surface area (Å²) >= 11 is 1.69. The zero-order valence-electron chi connectivity index (χ0n) is 19.4. The van der Waals surface area contributed by atoms with E-state index in [1.807, 2.05) is 38.2 Å². The molecule has 0 aromatic heterocycles.